The predicted molar refractivity (Wildman–Crippen MR) is 191 cm³/mol. The second-order valence-electron chi connectivity index (χ2n) is 12.4. The summed E-state index contributed by atoms with van der Waals surface area (Å²) < 4.78 is 6.73. The molecule has 2 heterocycles. The first-order valence-corrected chi connectivity index (χ1v) is 17.0. The van der Waals surface area contributed by atoms with Crippen LogP contribution in [0.15, 0.2) is 109 Å². The van der Waals surface area contributed by atoms with E-state index in [9.17, 15) is 14.7 Å². The largest absolute Gasteiger partial charge is 0.486 e. The van der Waals surface area contributed by atoms with E-state index in [0.29, 0.717) is 42.2 Å². The monoisotopic (exact) mass is 660 g/mol. The molecular weight excluding hydrogens is 621 g/mol. The van der Waals surface area contributed by atoms with E-state index < -0.39 is 0 Å². The molecular formula is C39H40N4O4S. The summed E-state index contributed by atoms with van der Waals surface area (Å²) in [5, 5.41) is 15.9. The van der Waals surface area contributed by atoms with Crippen LogP contribution >= 0.6 is 11.3 Å². The normalized spacial score (nSPS) is 16.9. The van der Waals surface area contributed by atoms with Gasteiger partial charge in [0.1, 0.15) is 11.1 Å². The molecule has 4 aromatic carbocycles. The smallest absolute Gasteiger partial charge is 0.258 e. The number of likely N-dealkylation sites (N-methyl/N-ethyl adjacent to an activating group) is 1. The van der Waals surface area contributed by atoms with E-state index in [1.54, 1.807) is 41.4 Å². The molecule has 0 saturated carbocycles. The second-order valence-corrected chi connectivity index (χ2v) is 13.3. The number of aromatic nitrogens is 1. The van der Waals surface area contributed by atoms with Gasteiger partial charge in [0, 0.05) is 48.3 Å². The number of carbonyl (C=O) groups excluding carboxylic acids is 2. The zero-order valence-corrected chi connectivity index (χ0v) is 28.2. The molecule has 2 amide bonds. The van der Waals surface area contributed by atoms with Crippen LogP contribution < -0.4 is 10.1 Å². The predicted octanol–water partition coefficient (Wildman–Crippen LogP) is 7.08. The minimum Gasteiger partial charge on any atom is -0.486 e. The van der Waals surface area contributed by atoms with Crippen molar-refractivity contribution in [3.63, 3.8) is 0 Å². The molecule has 1 aliphatic rings. The number of hydrogen-bond donors (Lipinski definition) is 2. The third-order valence-corrected chi connectivity index (χ3v) is 9.59. The SMILES string of the molecule is C[C@H]1CN([C@@H](C)CO)C(=O)c2cccc(NC(=O)c3ccc(-c4nccs4)cc3)c2O[C@H]1CN(C)Cc1ccc(-c2ccccc2)cc1. The van der Waals surface area contributed by atoms with E-state index >= 15 is 0 Å². The van der Waals surface area contributed by atoms with E-state index in [0.717, 1.165) is 10.6 Å². The van der Waals surface area contributed by atoms with Crippen LogP contribution in [0.1, 0.15) is 40.1 Å². The molecule has 3 atom stereocenters. The van der Waals surface area contributed by atoms with Crippen molar-refractivity contribution in [1.82, 2.24) is 14.8 Å². The number of nitrogens with zero attached hydrogens (tertiary/aromatic N) is 3. The van der Waals surface area contributed by atoms with Crippen LogP contribution in [0.3, 0.4) is 0 Å². The second kappa shape index (κ2) is 14.9. The van der Waals surface area contributed by atoms with Crippen molar-refractivity contribution in [2.24, 2.45) is 5.92 Å². The number of thiazole rings is 1. The summed E-state index contributed by atoms with van der Waals surface area (Å²) in [6.45, 7) is 5.45. The first kappa shape index (κ1) is 33.1. The zero-order valence-electron chi connectivity index (χ0n) is 27.4. The number of aliphatic hydroxyl groups is 1. The van der Waals surface area contributed by atoms with E-state index in [4.69, 9.17) is 4.74 Å². The minimum absolute atomic E-state index is 0.0684. The molecule has 246 valence electrons. The molecule has 0 aliphatic carbocycles. The molecule has 1 aromatic heterocycles. The highest BCUT2D eigenvalue weighted by molar-refractivity contribution is 7.13. The molecule has 5 aromatic rings. The number of anilines is 1. The fourth-order valence-electron chi connectivity index (χ4n) is 6.00. The Hall–Kier alpha value is -4.83. The van der Waals surface area contributed by atoms with E-state index in [1.807, 2.05) is 42.6 Å². The number of rotatable bonds is 10. The molecule has 2 N–H and O–H groups in total. The Bertz CT molecular complexity index is 1830. The number of nitrogens with one attached hydrogen (secondary N) is 1. The minimum atomic E-state index is -0.387. The molecule has 1 aliphatic heterocycles. The van der Waals surface area contributed by atoms with Crippen LogP contribution in [0.2, 0.25) is 0 Å². The lowest BCUT2D eigenvalue weighted by molar-refractivity contribution is 0.0343. The fourth-order valence-corrected chi connectivity index (χ4v) is 6.65. The molecule has 8 nitrogen and oxygen atoms in total. The summed E-state index contributed by atoms with van der Waals surface area (Å²) in [7, 11) is 2.06. The highest BCUT2D eigenvalue weighted by Crippen LogP contribution is 2.35. The lowest BCUT2D eigenvalue weighted by atomic mass is 9.98. The maximum Gasteiger partial charge on any atom is 0.258 e. The highest BCUT2D eigenvalue weighted by Gasteiger charge is 2.34. The number of fused-ring (bicyclic) bond motifs is 1. The van der Waals surface area contributed by atoms with Crippen LogP contribution in [-0.2, 0) is 6.54 Å². The third kappa shape index (κ3) is 7.49. The summed E-state index contributed by atoms with van der Waals surface area (Å²) in [5.74, 6) is -0.287. The Morgan fingerprint density at radius 1 is 1.00 bits per heavy atom. The molecule has 0 radical (unpaired) electrons. The number of carbonyl (C=O) groups is 2. The Morgan fingerprint density at radius 3 is 2.40 bits per heavy atom. The lowest BCUT2D eigenvalue weighted by Crippen LogP contribution is -2.49. The molecule has 0 fully saturated rings. The van der Waals surface area contributed by atoms with E-state index in [-0.39, 0.29) is 36.5 Å². The molecule has 0 spiro atoms. The van der Waals surface area contributed by atoms with Crippen molar-refractivity contribution in [1.29, 1.82) is 0 Å². The summed E-state index contributed by atoms with van der Waals surface area (Å²) in [6.07, 6.45) is 1.44. The van der Waals surface area contributed by atoms with Gasteiger partial charge in [0.2, 0.25) is 0 Å². The fraction of sp³-hybridized carbons (Fsp3) is 0.256. The van der Waals surface area contributed by atoms with E-state index in [2.05, 4.69) is 65.6 Å². The van der Waals surface area contributed by atoms with E-state index in [1.165, 1.54) is 28.0 Å². The van der Waals surface area contributed by atoms with Gasteiger partial charge in [-0.05, 0) is 54.9 Å². The molecule has 48 heavy (non-hydrogen) atoms. The maximum absolute atomic E-state index is 13.9. The standard InChI is InChI=1S/C39H40N4O4S/c1-26-22-43(27(2)25-44)39(46)33-10-7-11-34(41-37(45)31-16-18-32(19-17-31)38-40-20-21-48-38)36(33)47-35(26)24-42(3)23-28-12-14-30(15-13-28)29-8-5-4-6-9-29/h4-21,26-27,35,44H,22-25H2,1-3H3,(H,41,45)/t26-,27-,35-/m0/s1. The van der Waals surface area contributed by atoms with Crippen molar-refractivity contribution in [3.05, 3.63) is 125 Å². The topological polar surface area (TPSA) is 95.0 Å². The molecule has 0 saturated heterocycles. The van der Waals surface area contributed by atoms with Gasteiger partial charge in [-0.3, -0.25) is 14.5 Å². The maximum atomic E-state index is 13.9. The number of amides is 2. The van der Waals surface area contributed by atoms with Gasteiger partial charge in [-0.15, -0.1) is 11.3 Å². The Labute approximate surface area is 285 Å². The van der Waals surface area contributed by atoms with Crippen LogP contribution in [0.5, 0.6) is 5.75 Å². The van der Waals surface area contributed by atoms with Gasteiger partial charge in [-0.2, -0.15) is 0 Å². The average molecular weight is 661 g/mol. The Balaban J connectivity index is 1.24. The number of ether oxygens (including phenoxy) is 1. The number of hydrogen-bond acceptors (Lipinski definition) is 7. The average Bonchev–Trinajstić information content (AvgIpc) is 3.66. The van der Waals surface area contributed by atoms with Crippen LogP contribution in [0, 0.1) is 5.92 Å². The Morgan fingerprint density at radius 2 is 1.71 bits per heavy atom. The molecule has 9 heteroatoms. The van der Waals surface area contributed by atoms with Gasteiger partial charge in [0.15, 0.2) is 5.75 Å². The van der Waals surface area contributed by atoms with Gasteiger partial charge in [0.05, 0.1) is 23.9 Å². The first-order valence-electron chi connectivity index (χ1n) is 16.2. The molecule has 6 rings (SSSR count). The molecule has 0 bridgehead atoms. The summed E-state index contributed by atoms with van der Waals surface area (Å²) in [5.41, 5.74) is 5.71. The van der Waals surface area contributed by atoms with Gasteiger partial charge in [-0.1, -0.05) is 79.7 Å². The number of aliphatic hydroxyl groups excluding tert-OH is 1. The van der Waals surface area contributed by atoms with Gasteiger partial charge < -0.3 is 20.1 Å². The van der Waals surface area contributed by atoms with Crippen molar-refractivity contribution in [3.8, 4) is 27.4 Å². The van der Waals surface area contributed by atoms with Crippen molar-refractivity contribution < 1.29 is 19.4 Å². The van der Waals surface area contributed by atoms with Crippen molar-refractivity contribution >= 4 is 28.8 Å². The third-order valence-electron chi connectivity index (χ3n) is 8.77. The van der Waals surface area contributed by atoms with Gasteiger partial charge >= 0.3 is 0 Å². The first-order chi connectivity index (χ1) is 23.3. The summed E-state index contributed by atoms with van der Waals surface area (Å²) in [4.78, 5) is 35.6. The van der Waals surface area contributed by atoms with Crippen LogP contribution in [-0.4, -0.2) is 70.6 Å². The number of benzene rings is 4. The summed E-state index contributed by atoms with van der Waals surface area (Å²) >= 11 is 1.54. The van der Waals surface area contributed by atoms with Crippen molar-refractivity contribution in [2.75, 3.05) is 32.1 Å². The van der Waals surface area contributed by atoms with Crippen LogP contribution in [0.4, 0.5) is 5.69 Å². The summed E-state index contributed by atoms with van der Waals surface area (Å²) in [6, 6.07) is 31.0. The molecule has 0 unspecified atom stereocenters. The van der Waals surface area contributed by atoms with Gasteiger partial charge in [-0.25, -0.2) is 4.98 Å². The zero-order chi connectivity index (χ0) is 33.6. The Kier molecular flexibility index (Phi) is 10.3. The van der Waals surface area contributed by atoms with Crippen molar-refractivity contribution in [2.45, 2.75) is 32.5 Å². The quantitative estimate of drug-likeness (QED) is 0.166. The lowest BCUT2D eigenvalue weighted by Gasteiger charge is -2.38. The van der Waals surface area contributed by atoms with Crippen LogP contribution in [0.25, 0.3) is 21.7 Å². The number of para-hydroxylation sites is 1. The van der Waals surface area contributed by atoms with Gasteiger partial charge in [0.25, 0.3) is 11.8 Å². The highest BCUT2D eigenvalue weighted by atomic mass is 32.1.